The Hall–Kier alpha value is -0.980. The average molecular weight is 186 g/mol. The van der Waals surface area contributed by atoms with Crippen molar-refractivity contribution in [3.63, 3.8) is 0 Å². The first-order valence-corrected chi connectivity index (χ1v) is 3.00. The molecule has 0 aliphatic heterocycles. The van der Waals surface area contributed by atoms with E-state index in [1.54, 1.807) is 0 Å². The number of carbonyl (C=O) groups is 1. The van der Waals surface area contributed by atoms with Gasteiger partial charge in [0.1, 0.15) is 6.09 Å². The first-order valence-electron chi connectivity index (χ1n) is 3.00. The van der Waals surface area contributed by atoms with Crippen molar-refractivity contribution in [3.8, 4) is 0 Å². The van der Waals surface area contributed by atoms with Crippen LogP contribution in [0, 0.1) is 0 Å². The Morgan fingerprint density at radius 2 is 2.08 bits per heavy atom. The Labute approximate surface area is 66.0 Å². The molecule has 0 aromatic heterocycles. The van der Waals surface area contributed by atoms with Crippen LogP contribution in [0.2, 0.25) is 0 Å². The number of amides is 1. The van der Waals surface area contributed by atoms with Gasteiger partial charge in [-0.05, 0) is 0 Å². The Morgan fingerprint density at radius 3 is 2.33 bits per heavy atom. The summed E-state index contributed by atoms with van der Waals surface area (Å²) in [5, 5.41) is 19.5. The van der Waals surface area contributed by atoms with Crippen LogP contribution in [0.1, 0.15) is 6.42 Å². The number of carbonyl (C=O) groups excluding carboxylic acids is 1. The normalized spacial score (nSPS) is 14.0. The van der Waals surface area contributed by atoms with Crippen molar-refractivity contribution in [2.75, 3.05) is 6.61 Å². The lowest BCUT2D eigenvalue weighted by atomic mass is 10.2. The zero-order valence-corrected chi connectivity index (χ0v) is 5.89. The van der Waals surface area contributed by atoms with Gasteiger partial charge in [-0.15, -0.1) is 0 Å². The van der Waals surface area contributed by atoms with E-state index in [9.17, 15) is 23.1 Å². The quantitative estimate of drug-likeness (QED) is 0.608. The minimum atomic E-state index is -4.50. The molecule has 0 aliphatic rings. The van der Waals surface area contributed by atoms with Gasteiger partial charge < -0.3 is 20.3 Å². The Balaban J connectivity index is 3.92. The maximum atomic E-state index is 11.6. The van der Waals surface area contributed by atoms with E-state index in [4.69, 9.17) is 5.11 Å². The highest BCUT2D eigenvalue weighted by Gasteiger charge is 2.31. The first-order chi connectivity index (χ1) is 5.35. The van der Waals surface area contributed by atoms with Crippen LogP contribution in [0.5, 0.6) is 0 Å². The summed E-state index contributed by atoms with van der Waals surface area (Å²) in [5.41, 5.74) is 0. The molecule has 0 aromatic carbocycles. The highest BCUT2D eigenvalue weighted by atomic mass is 19.4. The number of halogens is 3. The second-order valence-corrected chi connectivity index (χ2v) is 2.13. The lowest BCUT2D eigenvalue weighted by molar-refractivity contribution is -0.252. The molecule has 0 aromatic rings. The maximum Gasteiger partial charge on any atom is 0.391 e. The Morgan fingerprint density at radius 1 is 1.58 bits per heavy atom. The number of carboxylic acid groups (broad SMARTS) is 1. The third kappa shape index (κ3) is 5.78. The molecule has 1 amide bonds. The number of hydrogen-bond acceptors (Lipinski definition) is 3. The van der Waals surface area contributed by atoms with Gasteiger partial charge in [-0.3, -0.25) is 0 Å². The SMILES string of the molecule is O=C([O-])NC(CO)CC(F)(F)F. The van der Waals surface area contributed by atoms with Crippen LogP contribution in [-0.4, -0.2) is 30.0 Å². The third-order valence-electron chi connectivity index (χ3n) is 1.02. The lowest BCUT2D eigenvalue weighted by Gasteiger charge is -2.18. The summed E-state index contributed by atoms with van der Waals surface area (Å²) in [6.45, 7) is -0.909. The van der Waals surface area contributed by atoms with Gasteiger partial charge in [0, 0.05) is 0 Å². The largest absolute Gasteiger partial charge is 0.530 e. The van der Waals surface area contributed by atoms with E-state index >= 15 is 0 Å². The predicted octanol–water partition coefficient (Wildman–Crippen LogP) is -0.767. The molecule has 0 bridgehead atoms. The van der Waals surface area contributed by atoms with Gasteiger partial charge in [0.05, 0.1) is 19.1 Å². The molecule has 1 atom stereocenters. The van der Waals surface area contributed by atoms with Crippen molar-refractivity contribution in [1.29, 1.82) is 0 Å². The number of nitrogens with one attached hydrogen (secondary N) is 1. The maximum absolute atomic E-state index is 11.6. The summed E-state index contributed by atoms with van der Waals surface area (Å²) >= 11 is 0. The lowest BCUT2D eigenvalue weighted by Crippen LogP contribution is -2.46. The second-order valence-electron chi connectivity index (χ2n) is 2.13. The topological polar surface area (TPSA) is 72.4 Å². The number of alkyl halides is 3. The summed E-state index contributed by atoms with van der Waals surface area (Å²) in [6.07, 6.45) is -7.74. The van der Waals surface area contributed by atoms with Crippen LogP contribution >= 0.6 is 0 Å². The highest BCUT2D eigenvalue weighted by Crippen LogP contribution is 2.21. The second kappa shape index (κ2) is 4.15. The van der Waals surface area contributed by atoms with Crippen molar-refractivity contribution < 1.29 is 28.2 Å². The molecule has 72 valence electrons. The van der Waals surface area contributed by atoms with Gasteiger partial charge in [-0.1, -0.05) is 0 Å². The van der Waals surface area contributed by atoms with Crippen LogP contribution in [0.25, 0.3) is 0 Å². The molecular formula is C5H7F3NO3-. The van der Waals surface area contributed by atoms with E-state index in [-0.39, 0.29) is 0 Å². The van der Waals surface area contributed by atoms with Gasteiger partial charge in [-0.25, -0.2) is 0 Å². The molecule has 2 N–H and O–H groups in total. The van der Waals surface area contributed by atoms with Gasteiger partial charge in [0.25, 0.3) is 0 Å². The summed E-state index contributed by atoms with van der Waals surface area (Å²) in [5.74, 6) is 0. The van der Waals surface area contributed by atoms with Crippen LogP contribution in [0.15, 0.2) is 0 Å². The first kappa shape index (κ1) is 11.0. The highest BCUT2D eigenvalue weighted by molar-refractivity contribution is 5.62. The van der Waals surface area contributed by atoms with Crippen LogP contribution in [0.4, 0.5) is 18.0 Å². The molecule has 0 saturated carbocycles. The van der Waals surface area contributed by atoms with Crippen LogP contribution < -0.4 is 10.4 Å². The minimum Gasteiger partial charge on any atom is -0.530 e. The Kier molecular flexibility index (Phi) is 3.81. The zero-order valence-electron chi connectivity index (χ0n) is 5.89. The standard InChI is InChI=1S/C5H8F3NO3/c6-5(7,8)1-3(2-10)9-4(11)12/h3,9-10H,1-2H2,(H,11,12)/p-1. The van der Waals surface area contributed by atoms with E-state index in [1.165, 1.54) is 5.32 Å². The number of aliphatic hydroxyl groups is 1. The smallest absolute Gasteiger partial charge is 0.391 e. The predicted molar refractivity (Wildman–Crippen MR) is 30.1 cm³/mol. The molecule has 1 unspecified atom stereocenters. The fraction of sp³-hybridized carbons (Fsp3) is 0.800. The third-order valence-corrected chi connectivity index (χ3v) is 1.02. The molecule has 12 heavy (non-hydrogen) atoms. The summed E-state index contributed by atoms with van der Waals surface area (Å²) in [4.78, 5) is 9.75. The average Bonchev–Trinajstić information content (AvgIpc) is 1.82. The molecule has 0 radical (unpaired) electrons. The van der Waals surface area contributed by atoms with Crippen molar-refractivity contribution in [2.24, 2.45) is 0 Å². The summed E-state index contributed by atoms with van der Waals surface area (Å²) in [6, 6.07) is -1.55. The molecule has 0 rings (SSSR count). The number of rotatable bonds is 3. The molecule has 0 spiro atoms. The van der Waals surface area contributed by atoms with Crippen molar-refractivity contribution in [3.05, 3.63) is 0 Å². The number of aliphatic hydroxyl groups excluding tert-OH is 1. The molecule has 0 heterocycles. The summed E-state index contributed by atoms with van der Waals surface area (Å²) in [7, 11) is 0. The van der Waals surface area contributed by atoms with Crippen molar-refractivity contribution >= 4 is 6.09 Å². The molecule has 4 nitrogen and oxygen atoms in total. The zero-order chi connectivity index (χ0) is 9.78. The molecule has 7 heteroatoms. The van der Waals surface area contributed by atoms with E-state index in [0.717, 1.165) is 0 Å². The van der Waals surface area contributed by atoms with Crippen molar-refractivity contribution in [1.82, 2.24) is 5.32 Å². The van der Waals surface area contributed by atoms with E-state index in [2.05, 4.69) is 0 Å². The number of hydrogen-bond donors (Lipinski definition) is 2. The molecule has 0 aliphatic carbocycles. The molecular weight excluding hydrogens is 179 g/mol. The van der Waals surface area contributed by atoms with E-state index in [0.29, 0.717) is 0 Å². The van der Waals surface area contributed by atoms with Gasteiger partial charge in [0.2, 0.25) is 0 Å². The fourth-order valence-electron chi connectivity index (χ4n) is 0.607. The molecule has 0 fully saturated rings. The minimum absolute atomic E-state index is 0.909. The van der Waals surface area contributed by atoms with E-state index in [1.807, 2.05) is 0 Å². The van der Waals surface area contributed by atoms with Gasteiger partial charge >= 0.3 is 6.18 Å². The van der Waals surface area contributed by atoms with Crippen molar-refractivity contribution in [2.45, 2.75) is 18.6 Å². The molecule has 0 saturated heterocycles. The fourth-order valence-corrected chi connectivity index (χ4v) is 0.607. The monoisotopic (exact) mass is 186 g/mol. The van der Waals surface area contributed by atoms with Crippen LogP contribution in [0.3, 0.4) is 0 Å². The summed E-state index contributed by atoms with van der Waals surface area (Å²) < 4.78 is 34.7. The Bertz CT molecular complexity index is 159. The van der Waals surface area contributed by atoms with Gasteiger partial charge in [0.15, 0.2) is 0 Å². The van der Waals surface area contributed by atoms with Crippen LogP contribution in [-0.2, 0) is 0 Å². The van der Waals surface area contributed by atoms with Gasteiger partial charge in [-0.2, -0.15) is 13.2 Å². The van der Waals surface area contributed by atoms with E-state index < -0.39 is 31.3 Å².